The number of nitrogens with one attached hydrogen (secondary N) is 1. The Bertz CT molecular complexity index is 772. The highest BCUT2D eigenvalue weighted by Crippen LogP contribution is 2.49. The maximum absolute atomic E-state index is 13.2. The van der Waals surface area contributed by atoms with Gasteiger partial charge in [-0.25, -0.2) is 4.79 Å². The Balaban J connectivity index is 1.49. The molecule has 2 aliphatic heterocycles. The molecule has 0 bridgehead atoms. The maximum atomic E-state index is 13.2. The molecule has 1 spiro atoms. The Morgan fingerprint density at radius 2 is 1.94 bits per heavy atom. The molecule has 1 saturated heterocycles. The minimum Gasteiger partial charge on any atom is -0.456 e. The Morgan fingerprint density at radius 1 is 1.23 bits per heavy atom. The molecule has 3 aliphatic rings. The van der Waals surface area contributed by atoms with Crippen LogP contribution in [-0.4, -0.2) is 37.0 Å². The molecule has 3 rings (SSSR count). The van der Waals surface area contributed by atoms with Crippen molar-refractivity contribution in [2.75, 3.05) is 20.2 Å². The van der Waals surface area contributed by atoms with Gasteiger partial charge < -0.3 is 15.0 Å². The highest BCUT2D eigenvalue weighted by molar-refractivity contribution is 5.90. The van der Waals surface area contributed by atoms with Crippen LogP contribution in [0.4, 0.5) is 0 Å². The number of carbonyl (C=O) groups excluding carboxylic acids is 2. The molecule has 0 aromatic carbocycles. The largest absolute Gasteiger partial charge is 0.456 e. The number of esters is 1. The average Bonchev–Trinajstić information content (AvgIpc) is 3.33. The second kappa shape index (κ2) is 10.1. The van der Waals surface area contributed by atoms with Crippen molar-refractivity contribution in [2.24, 2.45) is 23.2 Å². The van der Waals surface area contributed by atoms with Crippen molar-refractivity contribution in [3.05, 3.63) is 35.2 Å². The highest BCUT2D eigenvalue weighted by atomic mass is 16.5. The predicted molar refractivity (Wildman–Crippen MR) is 124 cm³/mol. The van der Waals surface area contributed by atoms with Crippen LogP contribution in [-0.2, 0) is 14.3 Å². The number of allylic oxidation sites excluding steroid dienone is 4. The molecule has 5 heteroatoms. The lowest BCUT2D eigenvalue weighted by Crippen LogP contribution is -2.38. The molecule has 2 fully saturated rings. The summed E-state index contributed by atoms with van der Waals surface area (Å²) >= 11 is 0. The van der Waals surface area contributed by atoms with E-state index in [1.165, 1.54) is 23.8 Å². The Kier molecular flexibility index (Phi) is 7.66. The fourth-order valence-corrected chi connectivity index (χ4v) is 5.41. The summed E-state index contributed by atoms with van der Waals surface area (Å²) in [6.07, 6.45) is 13.4. The number of hydrogen-bond donors (Lipinski definition) is 1. The lowest BCUT2D eigenvalue weighted by molar-refractivity contribution is -0.138. The van der Waals surface area contributed by atoms with Crippen LogP contribution < -0.4 is 5.32 Å². The molecule has 0 aromatic heterocycles. The van der Waals surface area contributed by atoms with Gasteiger partial charge in [0.25, 0.3) is 0 Å². The molecule has 1 aliphatic carbocycles. The first-order valence-electron chi connectivity index (χ1n) is 12.0. The quantitative estimate of drug-likeness (QED) is 0.439. The minimum absolute atomic E-state index is 0.206. The number of nitrogens with zero attached hydrogens (tertiary/aromatic N) is 1. The number of rotatable bonds is 8. The number of cyclic esters (lactones) is 1. The van der Waals surface area contributed by atoms with Crippen molar-refractivity contribution in [1.82, 2.24) is 10.2 Å². The Morgan fingerprint density at radius 3 is 2.55 bits per heavy atom. The zero-order chi connectivity index (χ0) is 22.6. The normalized spacial score (nSPS) is 29.3. The van der Waals surface area contributed by atoms with E-state index >= 15 is 0 Å². The molecule has 1 N–H and O–H groups in total. The molecule has 31 heavy (non-hydrogen) atoms. The minimum atomic E-state index is -0.325. The highest BCUT2D eigenvalue weighted by Gasteiger charge is 2.50. The van der Waals surface area contributed by atoms with Crippen LogP contribution >= 0.6 is 0 Å². The lowest BCUT2D eigenvalue weighted by atomic mass is 9.65. The van der Waals surface area contributed by atoms with Gasteiger partial charge >= 0.3 is 5.97 Å². The molecule has 172 valence electrons. The van der Waals surface area contributed by atoms with E-state index in [2.05, 4.69) is 45.2 Å². The van der Waals surface area contributed by atoms with Gasteiger partial charge in [-0.3, -0.25) is 4.79 Å². The van der Waals surface area contributed by atoms with Gasteiger partial charge in [-0.15, -0.1) is 0 Å². The van der Waals surface area contributed by atoms with Crippen LogP contribution in [0.1, 0.15) is 72.6 Å². The second-order valence-electron chi connectivity index (χ2n) is 10.1. The topological polar surface area (TPSA) is 58.6 Å². The molecule has 0 radical (unpaired) electrons. The first-order valence-corrected chi connectivity index (χ1v) is 12.0. The van der Waals surface area contributed by atoms with E-state index in [0.29, 0.717) is 17.8 Å². The van der Waals surface area contributed by atoms with Gasteiger partial charge in [-0.05, 0) is 82.6 Å². The fraction of sp³-hybridized carbons (Fsp3) is 0.692. The molecule has 1 saturated carbocycles. The van der Waals surface area contributed by atoms with Crippen LogP contribution in [0, 0.1) is 23.2 Å². The summed E-state index contributed by atoms with van der Waals surface area (Å²) in [5.41, 5.74) is 3.15. The summed E-state index contributed by atoms with van der Waals surface area (Å²) in [5.74, 6) is 1.96. The van der Waals surface area contributed by atoms with E-state index in [1.54, 1.807) is 0 Å². The van der Waals surface area contributed by atoms with Crippen molar-refractivity contribution in [1.29, 1.82) is 0 Å². The third-order valence-electron chi connectivity index (χ3n) is 8.14. The number of likely N-dealkylation sites (tertiary alicyclic amines) is 1. The van der Waals surface area contributed by atoms with Crippen molar-refractivity contribution in [2.45, 2.75) is 72.6 Å². The van der Waals surface area contributed by atoms with Gasteiger partial charge in [0.15, 0.2) is 0 Å². The molecule has 1 unspecified atom stereocenters. The van der Waals surface area contributed by atoms with Gasteiger partial charge in [-0.2, -0.15) is 0 Å². The molecule has 2 atom stereocenters. The molecular weight excluding hydrogens is 388 g/mol. The van der Waals surface area contributed by atoms with E-state index in [4.69, 9.17) is 4.74 Å². The molecule has 0 aromatic rings. The van der Waals surface area contributed by atoms with Crippen molar-refractivity contribution < 1.29 is 14.3 Å². The SMILES string of the molecule is CN/C(C)=C/C=C(\C)CCC(C)[C@H](C)C1CCC2(CC1)CCN(C1=CC(=O)OC1)C2=O. The fourth-order valence-electron chi connectivity index (χ4n) is 5.41. The van der Waals surface area contributed by atoms with Crippen LogP contribution in [0.5, 0.6) is 0 Å². The molecule has 5 nitrogen and oxygen atoms in total. The van der Waals surface area contributed by atoms with Gasteiger partial charge in [0.1, 0.15) is 6.61 Å². The predicted octanol–water partition coefficient (Wildman–Crippen LogP) is 4.96. The van der Waals surface area contributed by atoms with Gasteiger partial charge in [0, 0.05) is 25.4 Å². The van der Waals surface area contributed by atoms with Crippen LogP contribution in [0.2, 0.25) is 0 Å². The summed E-state index contributed by atoms with van der Waals surface area (Å²) in [6.45, 7) is 10.1. The van der Waals surface area contributed by atoms with Crippen LogP contribution in [0.15, 0.2) is 35.2 Å². The molecule has 1 amide bonds. The van der Waals surface area contributed by atoms with E-state index in [0.717, 1.165) is 50.8 Å². The summed E-state index contributed by atoms with van der Waals surface area (Å²) in [7, 11) is 1.95. The monoisotopic (exact) mass is 428 g/mol. The summed E-state index contributed by atoms with van der Waals surface area (Å²) in [5, 5.41) is 3.16. The summed E-state index contributed by atoms with van der Waals surface area (Å²) in [6, 6.07) is 0. The van der Waals surface area contributed by atoms with Gasteiger partial charge in [-0.1, -0.05) is 25.5 Å². The van der Waals surface area contributed by atoms with Crippen molar-refractivity contribution >= 4 is 11.9 Å². The standard InChI is InChI=1S/C26H40N2O3/c1-18(7-9-20(3)27-5)6-8-19(2)21(4)22-10-12-26(13-11-22)14-15-28(25(26)30)23-16-24(29)31-17-23/h7,9,16,19,21-22,27H,6,8,10-15,17H2,1-5H3/b18-7+,20-9+/t19?,21-,22?,26?/m0/s1. The van der Waals surface area contributed by atoms with E-state index < -0.39 is 0 Å². The Labute approximate surface area is 188 Å². The summed E-state index contributed by atoms with van der Waals surface area (Å²) < 4.78 is 5.01. The first kappa shape index (κ1) is 23.6. The van der Waals surface area contributed by atoms with E-state index in [-0.39, 0.29) is 23.9 Å². The Hall–Kier alpha value is -2.04. The smallest absolute Gasteiger partial charge is 0.333 e. The van der Waals surface area contributed by atoms with Gasteiger partial charge in [0.05, 0.1) is 11.1 Å². The summed E-state index contributed by atoms with van der Waals surface area (Å²) in [4.78, 5) is 26.4. The second-order valence-corrected chi connectivity index (χ2v) is 10.1. The lowest BCUT2D eigenvalue weighted by Gasteiger charge is -2.39. The van der Waals surface area contributed by atoms with Crippen molar-refractivity contribution in [3.63, 3.8) is 0 Å². The maximum Gasteiger partial charge on any atom is 0.333 e. The first-order chi connectivity index (χ1) is 14.8. The van der Waals surface area contributed by atoms with Crippen molar-refractivity contribution in [3.8, 4) is 0 Å². The van der Waals surface area contributed by atoms with E-state index in [1.807, 2.05) is 11.9 Å². The molecular formula is C26H40N2O3. The average molecular weight is 429 g/mol. The van der Waals surface area contributed by atoms with Crippen LogP contribution in [0.3, 0.4) is 0 Å². The molecule has 2 heterocycles. The third kappa shape index (κ3) is 5.42. The van der Waals surface area contributed by atoms with Gasteiger partial charge in [0.2, 0.25) is 5.91 Å². The zero-order valence-electron chi connectivity index (χ0n) is 20.0. The third-order valence-corrected chi connectivity index (χ3v) is 8.14. The number of hydrogen-bond acceptors (Lipinski definition) is 4. The number of amides is 1. The zero-order valence-corrected chi connectivity index (χ0v) is 20.0. The van der Waals surface area contributed by atoms with E-state index in [9.17, 15) is 9.59 Å². The van der Waals surface area contributed by atoms with Crippen LogP contribution in [0.25, 0.3) is 0 Å². The number of carbonyl (C=O) groups is 2. The number of ether oxygens (including phenoxy) is 1.